The predicted molar refractivity (Wildman–Crippen MR) is 594 cm³/mol. The summed E-state index contributed by atoms with van der Waals surface area (Å²) in [7, 11) is 0. The Hall–Kier alpha value is -19.5. The van der Waals surface area contributed by atoms with E-state index in [2.05, 4.69) is 480 Å². The zero-order chi connectivity index (χ0) is 93.1. The monoisotopic (exact) mass is 1820 g/mol. The van der Waals surface area contributed by atoms with Gasteiger partial charge in [-0.15, -0.1) is 0 Å². The fourth-order valence-electron chi connectivity index (χ4n) is 24.5. The van der Waals surface area contributed by atoms with Gasteiger partial charge in [0.25, 0.3) is 0 Å². The number of rotatable bonds is 7. The van der Waals surface area contributed by atoms with E-state index in [0.717, 1.165) is 111 Å². The Kier molecular flexibility index (Phi) is 16.0. The first kappa shape index (κ1) is 77.6. The van der Waals surface area contributed by atoms with Gasteiger partial charge < -0.3 is 13.2 Å². The maximum atomic E-state index is 5.54. The highest BCUT2D eigenvalue weighted by Crippen LogP contribution is 2.53. The summed E-state index contributed by atoms with van der Waals surface area (Å²) in [6, 6.07) is 163. The summed E-state index contributed by atoms with van der Waals surface area (Å²) in [5, 5.41) is 30.4. The van der Waals surface area contributed by atoms with Crippen molar-refractivity contribution in [3.63, 3.8) is 0 Å². The van der Waals surface area contributed by atoms with Crippen molar-refractivity contribution >= 4 is 245 Å². The number of fused-ring (bicyclic) bond motifs is 37. The number of aromatic nitrogens is 13. The van der Waals surface area contributed by atoms with Crippen LogP contribution in [0, 0.1) is 0 Å². The average molecular weight is 1820 g/mol. The van der Waals surface area contributed by atoms with E-state index < -0.39 is 0 Å². The van der Waals surface area contributed by atoms with Crippen molar-refractivity contribution in [3.8, 4) is 57.3 Å². The summed E-state index contributed by atoms with van der Waals surface area (Å²) in [6.07, 6.45) is 0. The molecule has 13 heteroatoms. The summed E-state index contributed by atoms with van der Waals surface area (Å²) < 4.78 is 16.7. The highest BCUT2D eigenvalue weighted by molar-refractivity contribution is 6.39. The molecule has 34 aromatic rings. The van der Waals surface area contributed by atoms with E-state index in [1.165, 1.54) is 179 Å². The SMILES string of the molecule is c1ccc(-c2ccc(-c3nc(-n4c5ccccc5c5c6c7ccccc7n7c8ccccc8c(cc54)c67)c4ccccc4n3)cc2)cc1.c1ccc2c(-n3c4ccccc4c4c5c6ccccc6n6c7ccccc7c(cc43)c56)nc(-n3c4ccccc4c4ccccc43)nc2c1.c1ccc2cc(-c3nc(-n4c5ccccc5c5c6c7ccccc7n7c8ccccc8c(cc54)c67)c4ccccc4n3)ccc2c1. The molecule has 13 aromatic heterocycles. The largest absolute Gasteiger partial charge is 0.308 e. The summed E-state index contributed by atoms with van der Waals surface area (Å²) >= 11 is 0. The van der Waals surface area contributed by atoms with Crippen LogP contribution in [0.2, 0.25) is 0 Å². The molecule has 0 unspecified atom stereocenters. The van der Waals surface area contributed by atoms with Crippen LogP contribution in [-0.4, -0.2) is 61.4 Å². The number of hydrogen-bond donors (Lipinski definition) is 0. The van der Waals surface area contributed by atoms with Crippen molar-refractivity contribution in [1.29, 1.82) is 0 Å². The minimum absolute atomic E-state index is 0.657. The van der Waals surface area contributed by atoms with Crippen molar-refractivity contribution in [2.24, 2.45) is 0 Å². The van der Waals surface area contributed by atoms with Gasteiger partial charge in [-0.2, -0.15) is 4.98 Å². The second kappa shape index (κ2) is 29.5. The molecule has 13 heterocycles. The van der Waals surface area contributed by atoms with E-state index in [-0.39, 0.29) is 0 Å². The zero-order valence-electron chi connectivity index (χ0n) is 76.6. The lowest BCUT2D eigenvalue weighted by atomic mass is 10.0. The van der Waals surface area contributed by atoms with Gasteiger partial charge in [-0.3, -0.25) is 18.3 Å². The Morgan fingerprint density at radius 2 is 0.399 bits per heavy atom. The molecule has 0 N–H and O–H groups in total. The Labute approximate surface area is 813 Å². The molecule has 0 aliphatic rings. The zero-order valence-corrected chi connectivity index (χ0v) is 76.6. The third kappa shape index (κ3) is 10.9. The quantitative estimate of drug-likeness (QED) is 0.157. The average Bonchev–Trinajstić information content (AvgIpc) is 1.52. The molecule has 0 aliphatic carbocycles. The summed E-state index contributed by atoms with van der Waals surface area (Å²) in [4.78, 5) is 31.8. The first-order valence-electron chi connectivity index (χ1n) is 48.7. The Morgan fingerprint density at radius 3 is 0.783 bits per heavy atom. The van der Waals surface area contributed by atoms with Gasteiger partial charge in [0.05, 0.1) is 110 Å². The highest BCUT2D eigenvalue weighted by Gasteiger charge is 2.32. The standard InChI is InChI=1S/C44H25N5.C44H26N4.C42H24N4/c1-7-19-33-29(16-1)43(46-44(45-33)49-35-21-9-2-13-26(35)27-14-3-10-22-36(27)49)48-38-24-12-5-17-30(38)40-39(48)25-32-28-15-4-8-20-34(28)47-37-23-11-6-18-31(37)41(40)42(32)47;1-2-12-27(13-3-1)28-22-24-29(25-23-28)43-45-35-18-8-4-15-31(35)44(46-43)48-38-21-11-6-16-32(38)40-39(48)26-34-30-14-5-9-19-36(30)47-37-20-10-7-17-33(37)41(40)42(34)47;1-2-12-26-23-27(22-21-25(26)11-1)41-43-33-17-7-3-14-29(33)42(44-41)46-36-20-10-5-15-30(36)38-37(46)24-32-28-13-4-8-18-34(28)45-35-19-9-6-16-31(35)39(38)40(32)45/h1-25H;1-26H;1-24H. The molecule has 13 nitrogen and oxygen atoms in total. The van der Waals surface area contributed by atoms with Crippen molar-refractivity contribution in [2.75, 3.05) is 0 Å². The van der Waals surface area contributed by atoms with Crippen molar-refractivity contribution in [1.82, 2.24) is 61.4 Å². The van der Waals surface area contributed by atoms with Crippen molar-refractivity contribution in [2.45, 2.75) is 0 Å². The van der Waals surface area contributed by atoms with E-state index in [0.29, 0.717) is 11.8 Å². The summed E-state index contributed by atoms with van der Waals surface area (Å²) in [5.41, 5.74) is 27.3. The molecule has 0 bridgehead atoms. The number of para-hydroxylation sites is 14. The van der Waals surface area contributed by atoms with Gasteiger partial charge in [0.2, 0.25) is 5.95 Å². The molecule has 0 radical (unpaired) electrons. The molecule has 0 saturated heterocycles. The first-order chi connectivity index (χ1) is 71.0. The molecule has 660 valence electrons. The van der Waals surface area contributed by atoms with E-state index in [9.17, 15) is 0 Å². The number of hydrogen-bond acceptors (Lipinski definition) is 6. The summed E-state index contributed by atoms with van der Waals surface area (Å²) in [6.45, 7) is 0. The van der Waals surface area contributed by atoms with Gasteiger partial charge in [0.15, 0.2) is 17.5 Å². The van der Waals surface area contributed by atoms with Gasteiger partial charge in [-0.1, -0.05) is 328 Å². The molecule has 143 heavy (non-hydrogen) atoms. The smallest absolute Gasteiger partial charge is 0.237 e. The third-order valence-corrected chi connectivity index (χ3v) is 30.4. The van der Waals surface area contributed by atoms with E-state index in [1.54, 1.807) is 0 Å². The maximum Gasteiger partial charge on any atom is 0.237 e. The first-order valence-corrected chi connectivity index (χ1v) is 48.7. The number of benzene rings is 21. The molecule has 0 fully saturated rings. The van der Waals surface area contributed by atoms with Crippen LogP contribution in [0.5, 0.6) is 0 Å². The number of nitrogens with zero attached hydrogens (tertiary/aromatic N) is 13. The van der Waals surface area contributed by atoms with E-state index in [4.69, 9.17) is 29.9 Å². The molecule has 0 spiro atoms. The minimum Gasteiger partial charge on any atom is -0.308 e. The van der Waals surface area contributed by atoms with E-state index >= 15 is 0 Å². The Balaban J connectivity index is 0.0000000963. The van der Waals surface area contributed by atoms with Gasteiger partial charge in [-0.05, 0) is 149 Å². The predicted octanol–water partition coefficient (Wildman–Crippen LogP) is 32.9. The lowest BCUT2D eigenvalue weighted by Crippen LogP contribution is -2.07. The molecule has 21 aromatic carbocycles. The fraction of sp³-hybridized carbons (Fsp3) is 0. The molecule has 34 rings (SSSR count). The topological polar surface area (TPSA) is 110 Å². The molecular weight excluding hydrogens is 1740 g/mol. The lowest BCUT2D eigenvalue weighted by molar-refractivity contribution is 0.973. The summed E-state index contributed by atoms with van der Waals surface area (Å²) in [5.74, 6) is 4.73. The van der Waals surface area contributed by atoms with Crippen molar-refractivity contribution in [3.05, 3.63) is 455 Å². The Morgan fingerprint density at radius 1 is 0.140 bits per heavy atom. The molecule has 0 amide bonds. The van der Waals surface area contributed by atoms with Crippen LogP contribution < -0.4 is 0 Å². The third-order valence-electron chi connectivity index (χ3n) is 30.4. The maximum absolute atomic E-state index is 5.54. The van der Waals surface area contributed by atoms with Crippen LogP contribution in [0.25, 0.3) is 302 Å². The molecule has 0 atom stereocenters. The van der Waals surface area contributed by atoms with Crippen LogP contribution in [0.4, 0.5) is 0 Å². The van der Waals surface area contributed by atoms with Crippen LogP contribution in [0.1, 0.15) is 0 Å². The minimum atomic E-state index is 0.657. The fourth-order valence-corrected chi connectivity index (χ4v) is 24.5. The van der Waals surface area contributed by atoms with Gasteiger partial charge in [0, 0.05) is 135 Å². The van der Waals surface area contributed by atoms with Gasteiger partial charge in [0.1, 0.15) is 11.6 Å². The van der Waals surface area contributed by atoms with E-state index in [1.807, 2.05) is 6.07 Å². The van der Waals surface area contributed by atoms with Crippen LogP contribution in [0.15, 0.2) is 455 Å². The van der Waals surface area contributed by atoms with Crippen LogP contribution in [-0.2, 0) is 0 Å². The van der Waals surface area contributed by atoms with Crippen LogP contribution >= 0.6 is 0 Å². The Bertz CT molecular complexity index is 11400. The molecule has 0 aliphatic heterocycles. The lowest BCUT2D eigenvalue weighted by Gasteiger charge is -2.14. The highest BCUT2D eigenvalue weighted by atomic mass is 15.2. The second-order valence-electron chi connectivity index (χ2n) is 37.8. The normalized spacial score (nSPS) is 12.3. The van der Waals surface area contributed by atoms with Crippen LogP contribution in [0.3, 0.4) is 0 Å². The van der Waals surface area contributed by atoms with Gasteiger partial charge in [-0.25, -0.2) is 24.9 Å². The second-order valence-corrected chi connectivity index (χ2v) is 37.8. The van der Waals surface area contributed by atoms with Gasteiger partial charge >= 0.3 is 0 Å². The molecule has 0 saturated carbocycles. The van der Waals surface area contributed by atoms with Crippen molar-refractivity contribution < 1.29 is 0 Å². The molecular formula is C130H75N13.